The lowest BCUT2D eigenvalue weighted by atomic mass is 10.0. The first kappa shape index (κ1) is 25.4. The fourth-order valence-corrected chi connectivity index (χ4v) is 4.28. The van der Waals surface area contributed by atoms with Crippen molar-refractivity contribution >= 4 is 41.0 Å². The van der Waals surface area contributed by atoms with E-state index >= 15 is 0 Å². The van der Waals surface area contributed by atoms with Crippen LogP contribution in [-0.2, 0) is 4.74 Å². The van der Waals surface area contributed by atoms with Crippen LogP contribution in [0.25, 0.3) is 11.1 Å². The summed E-state index contributed by atoms with van der Waals surface area (Å²) in [6.07, 6.45) is 2.66. The molecule has 1 fully saturated rings. The van der Waals surface area contributed by atoms with Crippen LogP contribution in [0, 0.1) is 12.7 Å². The van der Waals surface area contributed by atoms with Crippen molar-refractivity contribution in [2.24, 2.45) is 5.10 Å². The molecule has 0 atom stereocenters. The molecule has 11 heteroatoms. The number of aryl methyl sites for hydroxylation is 1. The normalized spacial score (nSPS) is 13.6. The van der Waals surface area contributed by atoms with Crippen LogP contribution in [0.1, 0.15) is 11.4 Å². The summed E-state index contributed by atoms with van der Waals surface area (Å²) in [5.74, 6) is 0.0887. The topological polar surface area (TPSA) is 108 Å². The summed E-state index contributed by atoms with van der Waals surface area (Å²) in [4.78, 5) is 14.6. The number of para-hydroxylation sites is 1. The van der Waals surface area contributed by atoms with Crippen LogP contribution in [0.15, 0.2) is 65.9 Å². The number of rotatable bonds is 7. The number of nitrogens with one attached hydrogen (secondary N) is 2. The number of ether oxygens (including phenoxy) is 1. The predicted molar refractivity (Wildman–Crippen MR) is 147 cm³/mol. The molecule has 0 amide bonds. The highest BCUT2D eigenvalue weighted by Gasteiger charge is 2.17. The summed E-state index contributed by atoms with van der Waals surface area (Å²) in [6, 6.07) is 16.3. The summed E-state index contributed by atoms with van der Waals surface area (Å²) < 4.78 is 19.5. The number of halogens is 2. The number of morpholine rings is 1. The SMILES string of the molecule is Cc1nc(/C=N/Nc2ncc(F)c(N3CCOCC3)n2)ccc1Nc1cc(Cl)cc(-c2ccccc2O)c1. The molecule has 3 heterocycles. The number of anilines is 4. The van der Waals surface area contributed by atoms with Crippen LogP contribution in [0.2, 0.25) is 5.02 Å². The molecule has 0 saturated carbocycles. The van der Waals surface area contributed by atoms with Crippen molar-refractivity contribution in [3.63, 3.8) is 0 Å². The first-order chi connectivity index (χ1) is 18.5. The molecule has 194 valence electrons. The first-order valence-corrected chi connectivity index (χ1v) is 12.3. The Balaban J connectivity index is 1.27. The van der Waals surface area contributed by atoms with Crippen LogP contribution in [0.3, 0.4) is 0 Å². The van der Waals surface area contributed by atoms with Gasteiger partial charge in [-0.15, -0.1) is 0 Å². The quantitative estimate of drug-likeness (QED) is 0.215. The highest BCUT2D eigenvalue weighted by atomic mass is 35.5. The highest BCUT2D eigenvalue weighted by molar-refractivity contribution is 6.31. The van der Waals surface area contributed by atoms with Gasteiger partial charge in [0.05, 0.1) is 42.7 Å². The standard InChI is InChI=1S/C27H25ClFN7O2/c1-17-24(33-21-13-18(12-19(28)14-21)22-4-2-3-5-25(22)37)7-6-20(32-17)15-31-35-27-30-16-23(29)26(34-27)36-8-10-38-11-9-36/h2-7,12-16,33,37H,8-11H2,1H3,(H,30,34,35)/b31-15+. The van der Waals surface area contributed by atoms with Crippen molar-refractivity contribution in [3.8, 4) is 16.9 Å². The van der Waals surface area contributed by atoms with Gasteiger partial charge in [0.1, 0.15) is 5.75 Å². The summed E-state index contributed by atoms with van der Waals surface area (Å²) in [7, 11) is 0. The number of aromatic hydroxyl groups is 1. The Labute approximate surface area is 224 Å². The zero-order chi connectivity index (χ0) is 26.5. The number of hydrogen-bond donors (Lipinski definition) is 3. The molecule has 4 aromatic rings. The van der Waals surface area contributed by atoms with E-state index in [1.54, 1.807) is 30.3 Å². The lowest BCUT2D eigenvalue weighted by Gasteiger charge is -2.27. The van der Waals surface area contributed by atoms with E-state index in [1.807, 2.05) is 36.1 Å². The van der Waals surface area contributed by atoms with Crippen molar-refractivity contribution < 1.29 is 14.2 Å². The Morgan fingerprint density at radius 1 is 1.11 bits per heavy atom. The van der Waals surface area contributed by atoms with Crippen LogP contribution in [0.4, 0.5) is 27.5 Å². The van der Waals surface area contributed by atoms with Gasteiger partial charge in [0, 0.05) is 29.4 Å². The van der Waals surface area contributed by atoms with Crippen molar-refractivity contribution in [2.45, 2.75) is 6.92 Å². The van der Waals surface area contributed by atoms with Gasteiger partial charge in [0.25, 0.3) is 0 Å². The van der Waals surface area contributed by atoms with Crippen molar-refractivity contribution in [2.75, 3.05) is 41.9 Å². The summed E-state index contributed by atoms with van der Waals surface area (Å²) >= 11 is 6.35. The summed E-state index contributed by atoms with van der Waals surface area (Å²) in [5, 5.41) is 18.2. The number of phenolic OH excluding ortho intramolecular Hbond substituents is 1. The van der Waals surface area contributed by atoms with E-state index in [-0.39, 0.29) is 17.5 Å². The molecule has 1 aliphatic heterocycles. The van der Waals surface area contributed by atoms with Gasteiger partial charge in [-0.05, 0) is 48.9 Å². The Bertz CT molecular complexity index is 1480. The Morgan fingerprint density at radius 2 is 1.92 bits per heavy atom. The van der Waals surface area contributed by atoms with Crippen molar-refractivity contribution in [1.82, 2.24) is 15.0 Å². The summed E-state index contributed by atoms with van der Waals surface area (Å²) in [5.41, 5.74) is 7.11. The van der Waals surface area contributed by atoms with Crippen molar-refractivity contribution in [3.05, 3.63) is 83.0 Å². The van der Waals surface area contributed by atoms with E-state index in [9.17, 15) is 9.50 Å². The molecule has 1 aliphatic rings. The number of hydrazone groups is 1. The number of nitrogens with zero attached hydrogens (tertiary/aromatic N) is 5. The van der Waals surface area contributed by atoms with Gasteiger partial charge in [-0.2, -0.15) is 10.1 Å². The van der Waals surface area contributed by atoms with E-state index in [1.165, 1.54) is 6.21 Å². The van der Waals surface area contributed by atoms with Crippen LogP contribution >= 0.6 is 11.6 Å². The monoisotopic (exact) mass is 533 g/mol. The molecule has 2 aromatic heterocycles. The maximum atomic E-state index is 14.2. The van der Waals surface area contributed by atoms with Gasteiger partial charge in [0.2, 0.25) is 5.95 Å². The fraction of sp³-hybridized carbons (Fsp3) is 0.185. The molecule has 0 aliphatic carbocycles. The molecule has 5 rings (SSSR count). The second-order valence-corrected chi connectivity index (χ2v) is 9.01. The Kier molecular flexibility index (Phi) is 7.62. The average molecular weight is 534 g/mol. The van der Waals surface area contributed by atoms with Crippen LogP contribution in [-0.4, -0.2) is 52.6 Å². The van der Waals surface area contributed by atoms with Crippen LogP contribution < -0.4 is 15.6 Å². The zero-order valence-corrected chi connectivity index (χ0v) is 21.3. The molecule has 0 spiro atoms. The third-order valence-electron chi connectivity index (χ3n) is 5.90. The molecule has 0 unspecified atom stereocenters. The highest BCUT2D eigenvalue weighted by Crippen LogP contribution is 2.34. The number of pyridine rings is 1. The van der Waals surface area contributed by atoms with Crippen molar-refractivity contribution in [1.29, 1.82) is 0 Å². The molecular formula is C27H25ClFN7O2. The number of phenols is 1. The third-order valence-corrected chi connectivity index (χ3v) is 6.12. The molecule has 1 saturated heterocycles. The smallest absolute Gasteiger partial charge is 0.245 e. The minimum Gasteiger partial charge on any atom is -0.507 e. The van der Waals surface area contributed by atoms with E-state index in [2.05, 4.69) is 30.8 Å². The molecule has 9 nitrogen and oxygen atoms in total. The molecular weight excluding hydrogens is 509 g/mol. The molecule has 2 aromatic carbocycles. The Hall–Kier alpha value is -4.28. The van der Waals surface area contributed by atoms with Gasteiger partial charge >= 0.3 is 0 Å². The lowest BCUT2D eigenvalue weighted by Crippen LogP contribution is -2.37. The minimum absolute atomic E-state index is 0.180. The predicted octanol–water partition coefficient (Wildman–Crippen LogP) is 5.37. The fourth-order valence-electron chi connectivity index (χ4n) is 4.04. The first-order valence-electron chi connectivity index (χ1n) is 11.9. The molecule has 0 radical (unpaired) electrons. The second-order valence-electron chi connectivity index (χ2n) is 8.57. The largest absolute Gasteiger partial charge is 0.507 e. The average Bonchev–Trinajstić information content (AvgIpc) is 2.91. The van der Waals surface area contributed by atoms with E-state index < -0.39 is 5.82 Å². The second kappa shape index (κ2) is 11.4. The molecule has 3 N–H and O–H groups in total. The third kappa shape index (κ3) is 5.99. The van der Waals surface area contributed by atoms with E-state index in [0.29, 0.717) is 42.6 Å². The maximum absolute atomic E-state index is 14.2. The molecule has 38 heavy (non-hydrogen) atoms. The summed E-state index contributed by atoms with van der Waals surface area (Å²) in [6.45, 7) is 4.04. The number of aromatic nitrogens is 3. The number of benzene rings is 2. The zero-order valence-electron chi connectivity index (χ0n) is 20.5. The van der Waals surface area contributed by atoms with Crippen LogP contribution in [0.5, 0.6) is 5.75 Å². The van der Waals surface area contributed by atoms with E-state index in [4.69, 9.17) is 16.3 Å². The number of hydrogen-bond acceptors (Lipinski definition) is 9. The Morgan fingerprint density at radius 3 is 2.71 bits per heavy atom. The van der Waals surface area contributed by atoms with Gasteiger partial charge in [-0.25, -0.2) is 19.8 Å². The van der Waals surface area contributed by atoms with Gasteiger partial charge in [-0.3, -0.25) is 0 Å². The lowest BCUT2D eigenvalue weighted by molar-refractivity contribution is 0.122. The minimum atomic E-state index is -0.491. The van der Waals surface area contributed by atoms with E-state index in [0.717, 1.165) is 28.8 Å². The molecule has 0 bridgehead atoms. The van der Waals surface area contributed by atoms with Gasteiger partial charge < -0.3 is 20.1 Å². The van der Waals surface area contributed by atoms with Gasteiger partial charge in [0.15, 0.2) is 11.6 Å². The van der Waals surface area contributed by atoms with Gasteiger partial charge in [-0.1, -0.05) is 29.8 Å². The maximum Gasteiger partial charge on any atom is 0.245 e.